The van der Waals surface area contributed by atoms with E-state index in [1.165, 1.54) is 25.3 Å². The molecule has 6 heteroatoms. The molecule has 0 bridgehead atoms. The van der Waals surface area contributed by atoms with Gasteiger partial charge in [0, 0.05) is 6.07 Å². The molecule has 0 saturated heterocycles. The Morgan fingerprint density at radius 3 is 2.62 bits per heavy atom. The van der Waals surface area contributed by atoms with E-state index in [9.17, 15) is 14.9 Å². The summed E-state index contributed by atoms with van der Waals surface area (Å²) in [6.45, 7) is 3.35. The predicted molar refractivity (Wildman–Crippen MR) is 56.3 cm³/mol. The van der Waals surface area contributed by atoms with E-state index in [1.807, 2.05) is 0 Å². The van der Waals surface area contributed by atoms with Crippen LogP contribution in [0, 0.1) is 10.1 Å². The van der Waals surface area contributed by atoms with Gasteiger partial charge in [-0.05, 0) is 17.7 Å². The molecule has 0 aliphatic carbocycles. The molecular weight excluding hydrogens is 214 g/mol. The molecule has 0 aliphatic rings. The zero-order chi connectivity index (χ0) is 12.3. The van der Waals surface area contributed by atoms with Crippen LogP contribution in [-0.2, 0) is 4.79 Å². The first-order valence-corrected chi connectivity index (χ1v) is 4.22. The number of carboxylic acids is 1. The lowest BCUT2D eigenvalue weighted by Gasteiger charge is -2.04. The molecule has 0 amide bonds. The van der Waals surface area contributed by atoms with E-state index < -0.39 is 10.9 Å². The molecule has 0 aromatic heterocycles. The highest BCUT2D eigenvalue weighted by molar-refractivity contribution is 6.14. The molecule has 16 heavy (non-hydrogen) atoms. The van der Waals surface area contributed by atoms with Crippen LogP contribution in [0.1, 0.15) is 5.56 Å². The van der Waals surface area contributed by atoms with Gasteiger partial charge in [-0.15, -0.1) is 0 Å². The van der Waals surface area contributed by atoms with Gasteiger partial charge in [0.1, 0.15) is 0 Å². The number of carboxylic acid groups (broad SMARTS) is 1. The van der Waals surface area contributed by atoms with Crippen molar-refractivity contribution in [3.05, 3.63) is 40.5 Å². The number of hydrogen-bond acceptors (Lipinski definition) is 4. The lowest BCUT2D eigenvalue weighted by molar-refractivity contribution is -0.385. The highest BCUT2D eigenvalue weighted by Gasteiger charge is 2.17. The highest BCUT2D eigenvalue weighted by Crippen LogP contribution is 2.29. The second-order valence-electron chi connectivity index (χ2n) is 2.93. The third-order valence-electron chi connectivity index (χ3n) is 1.98. The van der Waals surface area contributed by atoms with Gasteiger partial charge in [0.2, 0.25) is 0 Å². The van der Waals surface area contributed by atoms with Crippen molar-refractivity contribution in [2.75, 3.05) is 7.11 Å². The number of nitrogens with zero attached hydrogens (tertiary/aromatic N) is 1. The van der Waals surface area contributed by atoms with Gasteiger partial charge in [-0.3, -0.25) is 10.1 Å². The molecule has 0 fully saturated rings. The summed E-state index contributed by atoms with van der Waals surface area (Å²) in [7, 11) is 1.27. The average Bonchev–Trinajstić information content (AvgIpc) is 2.26. The molecule has 1 aromatic rings. The van der Waals surface area contributed by atoms with E-state index in [-0.39, 0.29) is 22.6 Å². The van der Waals surface area contributed by atoms with Crippen molar-refractivity contribution in [2.45, 2.75) is 0 Å². The summed E-state index contributed by atoms with van der Waals surface area (Å²) in [5.41, 5.74) is -0.0902. The van der Waals surface area contributed by atoms with Crippen LogP contribution in [-0.4, -0.2) is 23.1 Å². The van der Waals surface area contributed by atoms with Crippen LogP contribution in [0.5, 0.6) is 5.75 Å². The molecule has 84 valence electrons. The third kappa shape index (κ3) is 2.17. The molecule has 0 unspecified atom stereocenters. The molecule has 0 atom stereocenters. The largest absolute Gasteiger partial charge is 0.490 e. The Bertz CT molecular complexity index is 466. The van der Waals surface area contributed by atoms with Crippen LogP contribution in [0.4, 0.5) is 5.69 Å². The molecule has 0 heterocycles. The fraction of sp³-hybridized carbons (Fsp3) is 0.100. The molecule has 0 aliphatic heterocycles. The van der Waals surface area contributed by atoms with Crippen LogP contribution < -0.4 is 4.74 Å². The third-order valence-corrected chi connectivity index (χ3v) is 1.98. The van der Waals surface area contributed by atoms with Gasteiger partial charge < -0.3 is 9.84 Å². The van der Waals surface area contributed by atoms with E-state index in [4.69, 9.17) is 9.84 Å². The molecule has 1 aromatic carbocycles. The lowest BCUT2D eigenvalue weighted by atomic mass is 10.1. The van der Waals surface area contributed by atoms with Crippen molar-refractivity contribution >= 4 is 17.2 Å². The highest BCUT2D eigenvalue weighted by atomic mass is 16.6. The topological polar surface area (TPSA) is 89.7 Å². The second kappa shape index (κ2) is 4.43. The zero-order valence-electron chi connectivity index (χ0n) is 8.47. The van der Waals surface area contributed by atoms with Gasteiger partial charge >= 0.3 is 11.7 Å². The minimum Gasteiger partial charge on any atom is -0.490 e. The van der Waals surface area contributed by atoms with E-state index in [0.29, 0.717) is 0 Å². The Labute approximate surface area is 90.9 Å². The standard InChI is InChI=1S/C10H9NO5/c1-6(10(12)13)7-3-4-8(11(14)15)9(5-7)16-2/h3-5H,1H2,2H3,(H,12,13). The molecular formula is C10H9NO5. The smallest absolute Gasteiger partial charge is 0.335 e. The molecule has 0 radical (unpaired) electrons. The van der Waals surface area contributed by atoms with Gasteiger partial charge in [-0.25, -0.2) is 4.79 Å². The fourth-order valence-corrected chi connectivity index (χ4v) is 1.14. The minimum absolute atomic E-state index is 0.00454. The van der Waals surface area contributed by atoms with Crippen molar-refractivity contribution in [1.82, 2.24) is 0 Å². The molecule has 1 N–H and O–H groups in total. The zero-order valence-corrected chi connectivity index (χ0v) is 8.47. The van der Waals surface area contributed by atoms with Crippen molar-refractivity contribution in [3.63, 3.8) is 0 Å². The molecule has 6 nitrogen and oxygen atoms in total. The van der Waals surface area contributed by atoms with Crippen LogP contribution in [0.2, 0.25) is 0 Å². The maximum Gasteiger partial charge on any atom is 0.335 e. The van der Waals surface area contributed by atoms with Crippen LogP contribution in [0.25, 0.3) is 5.57 Å². The van der Waals surface area contributed by atoms with Gasteiger partial charge in [0.15, 0.2) is 5.75 Å². The molecule has 0 saturated carbocycles. The summed E-state index contributed by atoms with van der Waals surface area (Å²) in [5, 5.41) is 19.3. The normalized spacial score (nSPS) is 9.56. The number of aliphatic carboxylic acids is 1. The van der Waals surface area contributed by atoms with Crippen LogP contribution in [0.15, 0.2) is 24.8 Å². The quantitative estimate of drug-likeness (QED) is 0.476. The molecule has 1 rings (SSSR count). The van der Waals surface area contributed by atoms with Gasteiger partial charge in [0.05, 0.1) is 17.6 Å². The number of rotatable bonds is 4. The predicted octanol–water partition coefficient (Wildman–Crippen LogP) is 1.70. The Morgan fingerprint density at radius 2 is 2.19 bits per heavy atom. The van der Waals surface area contributed by atoms with Gasteiger partial charge in [0.25, 0.3) is 0 Å². The Kier molecular flexibility index (Phi) is 3.24. The summed E-state index contributed by atoms with van der Waals surface area (Å²) in [4.78, 5) is 20.6. The summed E-state index contributed by atoms with van der Waals surface area (Å²) in [5.74, 6) is -1.18. The Hall–Kier alpha value is -2.37. The van der Waals surface area contributed by atoms with E-state index in [2.05, 4.69) is 6.58 Å². The average molecular weight is 223 g/mol. The first-order valence-electron chi connectivity index (χ1n) is 4.22. The van der Waals surface area contributed by atoms with Crippen LogP contribution >= 0.6 is 0 Å². The second-order valence-corrected chi connectivity index (χ2v) is 2.93. The number of benzene rings is 1. The summed E-state index contributed by atoms with van der Waals surface area (Å²) >= 11 is 0. The Balaban J connectivity index is 3.24. The maximum atomic E-state index is 10.6. The van der Waals surface area contributed by atoms with Gasteiger partial charge in [-0.2, -0.15) is 0 Å². The first kappa shape index (κ1) is 11.7. The van der Waals surface area contributed by atoms with Crippen molar-refractivity contribution in [1.29, 1.82) is 0 Å². The lowest BCUT2D eigenvalue weighted by Crippen LogP contribution is -2.00. The number of carbonyl (C=O) groups is 1. The van der Waals surface area contributed by atoms with Crippen LogP contribution in [0.3, 0.4) is 0 Å². The summed E-state index contributed by atoms with van der Waals surface area (Å²) < 4.78 is 4.80. The van der Waals surface area contributed by atoms with Gasteiger partial charge in [-0.1, -0.05) is 6.58 Å². The van der Waals surface area contributed by atoms with E-state index in [1.54, 1.807) is 0 Å². The summed E-state index contributed by atoms with van der Waals surface area (Å²) in [6.07, 6.45) is 0. The SMILES string of the molecule is C=C(C(=O)O)c1ccc([N+](=O)[O-])c(OC)c1. The number of methoxy groups -OCH3 is 1. The van der Waals surface area contributed by atoms with E-state index in [0.717, 1.165) is 0 Å². The van der Waals surface area contributed by atoms with Crippen molar-refractivity contribution < 1.29 is 19.6 Å². The maximum absolute atomic E-state index is 10.6. The first-order chi connectivity index (χ1) is 7.47. The monoisotopic (exact) mass is 223 g/mol. The van der Waals surface area contributed by atoms with Crippen molar-refractivity contribution in [3.8, 4) is 5.75 Å². The number of hydrogen-bond donors (Lipinski definition) is 1. The number of nitro benzene ring substituents is 1. The number of ether oxygens (including phenoxy) is 1. The fourth-order valence-electron chi connectivity index (χ4n) is 1.14. The van der Waals surface area contributed by atoms with E-state index >= 15 is 0 Å². The summed E-state index contributed by atoms with van der Waals surface area (Å²) in [6, 6.07) is 3.77. The van der Waals surface area contributed by atoms with Crippen molar-refractivity contribution in [2.24, 2.45) is 0 Å². The minimum atomic E-state index is -1.18. The molecule has 0 spiro atoms. The number of nitro groups is 1. The Morgan fingerprint density at radius 1 is 1.56 bits per heavy atom.